The molecule has 0 aliphatic rings. The number of hydrogen-bond acceptors (Lipinski definition) is 6. The molecule has 0 saturated carbocycles. The van der Waals surface area contributed by atoms with Gasteiger partial charge in [-0.05, 0) is 24.3 Å². The second-order valence-electron chi connectivity index (χ2n) is 4.92. The van der Waals surface area contributed by atoms with E-state index in [1.807, 2.05) is 0 Å². The topological polar surface area (TPSA) is 93.7 Å². The molecule has 7 heteroatoms. The first-order valence-corrected chi connectivity index (χ1v) is 6.93. The Morgan fingerprint density at radius 2 is 1.48 bits per heavy atom. The Hall–Kier alpha value is -2.83. The van der Waals surface area contributed by atoms with E-state index in [-0.39, 0.29) is 17.5 Å². The van der Waals surface area contributed by atoms with Crippen molar-refractivity contribution in [2.24, 2.45) is 5.92 Å². The zero-order valence-electron chi connectivity index (χ0n) is 13.5. The number of nitrogens with one attached hydrogen (secondary N) is 2. The maximum absolute atomic E-state index is 11.6. The highest BCUT2D eigenvalue weighted by molar-refractivity contribution is 5.98. The van der Waals surface area contributed by atoms with E-state index < -0.39 is 11.9 Å². The molecule has 0 fully saturated rings. The quantitative estimate of drug-likeness (QED) is 0.614. The fourth-order valence-electron chi connectivity index (χ4n) is 1.51. The van der Waals surface area contributed by atoms with Gasteiger partial charge in [-0.2, -0.15) is 0 Å². The van der Waals surface area contributed by atoms with Gasteiger partial charge in [0.05, 0.1) is 20.3 Å². The van der Waals surface area contributed by atoms with Crippen LogP contribution in [0.1, 0.15) is 13.8 Å². The smallest absolute Gasteiger partial charge is 0.354 e. The SMILES string of the molecule is COC(=O)/C=C(/Nc1ccc(NC(=O)C(C)C)cc1)C(=O)OC. The van der Waals surface area contributed by atoms with Gasteiger partial charge in [0, 0.05) is 17.3 Å². The summed E-state index contributed by atoms with van der Waals surface area (Å²) in [4.78, 5) is 34.5. The molecule has 0 atom stereocenters. The van der Waals surface area contributed by atoms with Crippen molar-refractivity contribution in [1.82, 2.24) is 0 Å². The fourth-order valence-corrected chi connectivity index (χ4v) is 1.51. The number of esters is 2. The lowest BCUT2D eigenvalue weighted by Crippen LogP contribution is -2.18. The van der Waals surface area contributed by atoms with Crippen LogP contribution in [-0.2, 0) is 23.9 Å². The van der Waals surface area contributed by atoms with Gasteiger partial charge in [0.2, 0.25) is 5.91 Å². The third-order valence-corrected chi connectivity index (χ3v) is 2.82. The predicted octanol–water partition coefficient (Wildman–Crippen LogP) is 1.92. The molecule has 0 spiro atoms. The lowest BCUT2D eigenvalue weighted by molar-refractivity contribution is -0.138. The Bertz CT molecular complexity index is 605. The first kappa shape index (κ1) is 18.2. The van der Waals surface area contributed by atoms with Crippen molar-refractivity contribution in [2.75, 3.05) is 24.9 Å². The standard InChI is InChI=1S/C16H20N2O5/c1-10(2)15(20)18-12-7-5-11(6-8-12)17-13(16(21)23-4)9-14(19)22-3/h5-10,17H,1-4H3,(H,18,20)/b13-9+. The highest BCUT2D eigenvalue weighted by Crippen LogP contribution is 2.16. The summed E-state index contributed by atoms with van der Waals surface area (Å²) in [5, 5.41) is 5.52. The van der Waals surface area contributed by atoms with E-state index in [2.05, 4.69) is 20.1 Å². The molecule has 23 heavy (non-hydrogen) atoms. The highest BCUT2D eigenvalue weighted by atomic mass is 16.5. The van der Waals surface area contributed by atoms with Gasteiger partial charge >= 0.3 is 11.9 Å². The number of methoxy groups -OCH3 is 2. The second-order valence-corrected chi connectivity index (χ2v) is 4.92. The summed E-state index contributed by atoms with van der Waals surface area (Å²) in [5.74, 6) is -1.60. The number of ether oxygens (including phenoxy) is 2. The van der Waals surface area contributed by atoms with Crippen LogP contribution in [0, 0.1) is 5.92 Å². The monoisotopic (exact) mass is 320 g/mol. The van der Waals surface area contributed by atoms with E-state index in [4.69, 9.17) is 0 Å². The van der Waals surface area contributed by atoms with Crippen LogP contribution >= 0.6 is 0 Å². The maximum Gasteiger partial charge on any atom is 0.354 e. The molecule has 1 amide bonds. The number of carbonyl (C=O) groups is 3. The summed E-state index contributed by atoms with van der Waals surface area (Å²) < 4.78 is 9.09. The molecule has 0 bridgehead atoms. The van der Waals surface area contributed by atoms with Crippen LogP contribution in [0.15, 0.2) is 36.0 Å². The minimum atomic E-state index is -0.701. The van der Waals surface area contributed by atoms with Crippen LogP contribution in [0.25, 0.3) is 0 Å². The molecule has 1 aromatic carbocycles. The third-order valence-electron chi connectivity index (χ3n) is 2.82. The Morgan fingerprint density at radius 1 is 0.957 bits per heavy atom. The van der Waals surface area contributed by atoms with Crippen LogP contribution < -0.4 is 10.6 Å². The van der Waals surface area contributed by atoms with E-state index in [1.54, 1.807) is 38.1 Å². The van der Waals surface area contributed by atoms with Crippen LogP contribution in [0.5, 0.6) is 0 Å². The van der Waals surface area contributed by atoms with Gasteiger partial charge in [-0.3, -0.25) is 4.79 Å². The Labute approximate surface area is 134 Å². The molecule has 2 N–H and O–H groups in total. The number of rotatable bonds is 6. The van der Waals surface area contributed by atoms with Gasteiger partial charge in [-0.1, -0.05) is 13.8 Å². The number of anilines is 2. The van der Waals surface area contributed by atoms with Crippen molar-refractivity contribution >= 4 is 29.2 Å². The van der Waals surface area contributed by atoms with Crippen molar-refractivity contribution < 1.29 is 23.9 Å². The molecule has 0 aromatic heterocycles. The van der Waals surface area contributed by atoms with Crippen LogP contribution in [0.3, 0.4) is 0 Å². The lowest BCUT2D eigenvalue weighted by Gasteiger charge is -2.11. The average Bonchev–Trinajstić information content (AvgIpc) is 2.54. The van der Waals surface area contributed by atoms with Crippen molar-refractivity contribution in [3.8, 4) is 0 Å². The first-order valence-electron chi connectivity index (χ1n) is 6.93. The van der Waals surface area contributed by atoms with E-state index in [1.165, 1.54) is 14.2 Å². The molecule has 7 nitrogen and oxygen atoms in total. The summed E-state index contributed by atoms with van der Waals surface area (Å²) in [5.41, 5.74) is 1.12. The maximum atomic E-state index is 11.6. The van der Waals surface area contributed by atoms with E-state index in [0.29, 0.717) is 11.4 Å². The molecule has 0 radical (unpaired) electrons. The van der Waals surface area contributed by atoms with Crippen LogP contribution in [-0.4, -0.2) is 32.1 Å². The van der Waals surface area contributed by atoms with Crippen molar-refractivity contribution in [1.29, 1.82) is 0 Å². The molecule has 124 valence electrons. The first-order chi connectivity index (χ1) is 10.9. The number of carbonyl (C=O) groups excluding carboxylic acids is 3. The van der Waals surface area contributed by atoms with Crippen molar-refractivity contribution in [2.45, 2.75) is 13.8 Å². The minimum Gasteiger partial charge on any atom is -0.466 e. The third kappa shape index (κ3) is 5.82. The van der Waals surface area contributed by atoms with Crippen molar-refractivity contribution in [3.63, 3.8) is 0 Å². The molecule has 0 aliphatic heterocycles. The molecule has 0 aliphatic carbocycles. The highest BCUT2D eigenvalue weighted by Gasteiger charge is 2.13. The predicted molar refractivity (Wildman–Crippen MR) is 85.6 cm³/mol. The molecule has 0 heterocycles. The lowest BCUT2D eigenvalue weighted by atomic mass is 10.2. The molecular weight excluding hydrogens is 300 g/mol. The summed E-state index contributed by atoms with van der Waals surface area (Å²) in [7, 11) is 2.42. The largest absolute Gasteiger partial charge is 0.466 e. The Balaban J connectivity index is 2.86. The van der Waals surface area contributed by atoms with Gasteiger partial charge in [-0.15, -0.1) is 0 Å². The van der Waals surface area contributed by atoms with Crippen LogP contribution in [0.4, 0.5) is 11.4 Å². The van der Waals surface area contributed by atoms with Gasteiger partial charge in [0.25, 0.3) is 0 Å². The van der Waals surface area contributed by atoms with Gasteiger partial charge < -0.3 is 20.1 Å². The number of amides is 1. The van der Waals surface area contributed by atoms with Crippen molar-refractivity contribution in [3.05, 3.63) is 36.0 Å². The minimum absolute atomic E-state index is 0.0571. The molecule has 0 saturated heterocycles. The summed E-state index contributed by atoms with van der Waals surface area (Å²) in [6, 6.07) is 6.67. The zero-order valence-corrected chi connectivity index (χ0v) is 13.5. The Kier molecular flexibility index (Phi) is 6.79. The van der Waals surface area contributed by atoms with Gasteiger partial charge in [0.1, 0.15) is 5.70 Å². The van der Waals surface area contributed by atoms with Gasteiger partial charge in [-0.25, -0.2) is 9.59 Å². The normalized spacial score (nSPS) is 10.9. The summed E-state index contributed by atoms with van der Waals surface area (Å²) in [6.45, 7) is 3.59. The van der Waals surface area contributed by atoms with E-state index in [9.17, 15) is 14.4 Å². The number of hydrogen-bond donors (Lipinski definition) is 2. The summed E-state index contributed by atoms with van der Waals surface area (Å²) in [6.07, 6.45) is 1.00. The summed E-state index contributed by atoms with van der Waals surface area (Å²) >= 11 is 0. The van der Waals surface area contributed by atoms with E-state index >= 15 is 0 Å². The van der Waals surface area contributed by atoms with Crippen LogP contribution in [0.2, 0.25) is 0 Å². The number of benzene rings is 1. The molecule has 1 aromatic rings. The Morgan fingerprint density at radius 3 is 1.91 bits per heavy atom. The molecular formula is C16H20N2O5. The zero-order chi connectivity index (χ0) is 17.4. The molecule has 0 unspecified atom stereocenters. The van der Waals surface area contributed by atoms with E-state index in [0.717, 1.165) is 6.08 Å². The van der Waals surface area contributed by atoms with Gasteiger partial charge in [0.15, 0.2) is 0 Å². The molecule has 1 rings (SSSR count). The second kappa shape index (κ2) is 8.57. The fraction of sp³-hybridized carbons (Fsp3) is 0.312. The average molecular weight is 320 g/mol.